The van der Waals surface area contributed by atoms with Gasteiger partial charge in [0, 0.05) is 26.3 Å². The summed E-state index contributed by atoms with van der Waals surface area (Å²) < 4.78 is 36.9. The minimum absolute atomic E-state index is 0.0823. The van der Waals surface area contributed by atoms with Gasteiger partial charge in [0.2, 0.25) is 11.8 Å². The molecule has 1 aromatic carbocycles. The van der Waals surface area contributed by atoms with Crippen LogP contribution in [0, 0.1) is 0 Å². The van der Waals surface area contributed by atoms with Gasteiger partial charge in [-0.25, -0.2) is 4.79 Å². The van der Waals surface area contributed by atoms with E-state index < -0.39 is 30.7 Å². The number of amides is 4. The van der Waals surface area contributed by atoms with Crippen LogP contribution in [0.2, 0.25) is 0 Å². The number of halogens is 3. The van der Waals surface area contributed by atoms with Gasteiger partial charge in [-0.3, -0.25) is 9.59 Å². The zero-order valence-electron chi connectivity index (χ0n) is 15.7. The van der Waals surface area contributed by atoms with Crippen molar-refractivity contribution in [3.8, 4) is 0 Å². The van der Waals surface area contributed by atoms with Gasteiger partial charge in [-0.2, -0.15) is 13.2 Å². The average Bonchev–Trinajstić information content (AvgIpc) is 3.10. The summed E-state index contributed by atoms with van der Waals surface area (Å²) in [6.07, 6.45) is -3.63. The van der Waals surface area contributed by atoms with Crippen molar-refractivity contribution < 1.29 is 27.6 Å². The number of benzene rings is 1. The SMILES string of the molecule is CN(C)C(=O)Cc1ccccc1NC(=O)N1CCCC1C(=O)NCC(F)(F)F. The molecule has 1 aliphatic heterocycles. The molecule has 28 heavy (non-hydrogen) atoms. The summed E-state index contributed by atoms with van der Waals surface area (Å²) in [6, 6.07) is 5.21. The summed E-state index contributed by atoms with van der Waals surface area (Å²) in [5.74, 6) is -0.978. The van der Waals surface area contributed by atoms with Crippen molar-refractivity contribution in [3.05, 3.63) is 29.8 Å². The van der Waals surface area contributed by atoms with Crippen LogP contribution >= 0.6 is 0 Å². The number of urea groups is 1. The monoisotopic (exact) mass is 400 g/mol. The fourth-order valence-electron chi connectivity index (χ4n) is 2.89. The molecule has 10 heteroatoms. The van der Waals surface area contributed by atoms with Gasteiger partial charge < -0.3 is 20.4 Å². The van der Waals surface area contributed by atoms with Crippen LogP contribution in [0.15, 0.2) is 24.3 Å². The Kier molecular flexibility index (Phi) is 6.87. The summed E-state index contributed by atoms with van der Waals surface area (Å²) >= 11 is 0. The Morgan fingerprint density at radius 1 is 1.21 bits per heavy atom. The van der Waals surface area contributed by atoms with E-state index in [1.54, 1.807) is 38.4 Å². The number of alkyl halides is 3. The van der Waals surface area contributed by atoms with Crippen LogP contribution in [0.25, 0.3) is 0 Å². The summed E-state index contributed by atoms with van der Waals surface area (Å²) in [5, 5.41) is 4.50. The van der Waals surface area contributed by atoms with Crippen LogP contribution in [-0.4, -0.2) is 67.0 Å². The normalized spacial score (nSPS) is 16.6. The molecule has 2 rings (SSSR count). The zero-order valence-corrected chi connectivity index (χ0v) is 15.7. The minimum atomic E-state index is -4.51. The van der Waals surface area contributed by atoms with Crippen molar-refractivity contribution in [3.63, 3.8) is 0 Å². The molecule has 1 heterocycles. The lowest BCUT2D eigenvalue weighted by atomic mass is 10.1. The third kappa shape index (κ3) is 5.86. The number of carbonyl (C=O) groups is 3. The second kappa shape index (κ2) is 8.94. The topological polar surface area (TPSA) is 81.8 Å². The van der Waals surface area contributed by atoms with Crippen LogP contribution in [0.1, 0.15) is 18.4 Å². The highest BCUT2D eigenvalue weighted by Crippen LogP contribution is 2.22. The number of anilines is 1. The Morgan fingerprint density at radius 3 is 2.54 bits per heavy atom. The zero-order chi connectivity index (χ0) is 20.9. The summed E-state index contributed by atoms with van der Waals surface area (Å²) in [5.41, 5.74) is 1.02. The third-order valence-electron chi connectivity index (χ3n) is 4.38. The Balaban J connectivity index is 2.06. The molecule has 0 bridgehead atoms. The third-order valence-corrected chi connectivity index (χ3v) is 4.38. The molecule has 1 unspecified atom stereocenters. The minimum Gasteiger partial charge on any atom is -0.349 e. The number of likely N-dealkylation sites (N-methyl/N-ethyl adjacent to an activating group) is 1. The number of nitrogens with zero attached hydrogens (tertiary/aromatic N) is 2. The fourth-order valence-corrected chi connectivity index (χ4v) is 2.89. The maximum absolute atomic E-state index is 12.6. The molecular formula is C18H23F3N4O3. The molecule has 1 fully saturated rings. The van der Waals surface area contributed by atoms with Crippen LogP contribution in [0.4, 0.5) is 23.7 Å². The summed E-state index contributed by atoms with van der Waals surface area (Å²) in [4.78, 5) is 39.3. The van der Waals surface area contributed by atoms with Gasteiger partial charge in [0.1, 0.15) is 12.6 Å². The van der Waals surface area contributed by atoms with Gasteiger partial charge >= 0.3 is 12.2 Å². The molecule has 7 nitrogen and oxygen atoms in total. The lowest BCUT2D eigenvalue weighted by molar-refractivity contribution is -0.140. The molecule has 0 spiro atoms. The first-order chi connectivity index (χ1) is 13.1. The van der Waals surface area contributed by atoms with Crippen molar-refractivity contribution in [2.24, 2.45) is 0 Å². The standard InChI is InChI=1S/C18H23F3N4O3/c1-24(2)15(26)10-12-6-3-4-7-13(12)23-17(28)25-9-5-8-14(25)16(27)22-11-18(19,20)21/h3-4,6-7,14H,5,8-11H2,1-2H3,(H,22,27)(H,23,28). The Morgan fingerprint density at radius 2 is 1.89 bits per heavy atom. The summed E-state index contributed by atoms with van der Waals surface area (Å²) in [7, 11) is 3.25. The second-order valence-electron chi connectivity index (χ2n) is 6.74. The van der Waals surface area contributed by atoms with E-state index >= 15 is 0 Å². The summed E-state index contributed by atoms with van der Waals surface area (Å²) in [6.45, 7) is -1.18. The number of nitrogens with one attached hydrogen (secondary N) is 2. The predicted octanol–water partition coefficient (Wildman–Crippen LogP) is 1.99. The maximum Gasteiger partial charge on any atom is 0.405 e. The molecule has 0 aromatic heterocycles. The highest BCUT2D eigenvalue weighted by Gasteiger charge is 2.36. The van der Waals surface area contributed by atoms with Gasteiger partial charge in [-0.05, 0) is 24.5 Å². The van der Waals surface area contributed by atoms with E-state index in [1.165, 1.54) is 9.80 Å². The molecular weight excluding hydrogens is 377 g/mol. The molecule has 1 aliphatic rings. The van der Waals surface area contributed by atoms with E-state index in [1.807, 2.05) is 5.32 Å². The number of hydrogen-bond acceptors (Lipinski definition) is 3. The molecule has 0 radical (unpaired) electrons. The van der Waals surface area contributed by atoms with Crippen LogP contribution in [0.3, 0.4) is 0 Å². The first kappa shape index (κ1) is 21.5. The Bertz CT molecular complexity index is 737. The van der Waals surface area contributed by atoms with Crippen LogP contribution in [0.5, 0.6) is 0 Å². The predicted molar refractivity (Wildman–Crippen MR) is 96.7 cm³/mol. The Labute approximate surface area is 160 Å². The van der Waals surface area contributed by atoms with Crippen molar-refractivity contribution >= 4 is 23.5 Å². The van der Waals surface area contributed by atoms with E-state index in [2.05, 4.69) is 5.32 Å². The number of likely N-dealkylation sites (tertiary alicyclic amines) is 1. The number of carbonyl (C=O) groups excluding carboxylic acids is 3. The number of rotatable bonds is 5. The molecule has 1 aromatic rings. The lowest BCUT2D eigenvalue weighted by Crippen LogP contribution is -2.49. The molecule has 2 N–H and O–H groups in total. The van der Waals surface area contributed by atoms with Crippen molar-refractivity contribution in [2.45, 2.75) is 31.5 Å². The van der Waals surface area contributed by atoms with E-state index in [9.17, 15) is 27.6 Å². The maximum atomic E-state index is 12.6. The molecule has 0 saturated carbocycles. The van der Waals surface area contributed by atoms with Gasteiger partial charge in [-0.1, -0.05) is 18.2 Å². The van der Waals surface area contributed by atoms with E-state index in [-0.39, 0.29) is 25.3 Å². The molecule has 154 valence electrons. The first-order valence-corrected chi connectivity index (χ1v) is 8.78. The smallest absolute Gasteiger partial charge is 0.349 e. The molecule has 1 saturated heterocycles. The lowest BCUT2D eigenvalue weighted by Gasteiger charge is -2.25. The van der Waals surface area contributed by atoms with Gasteiger partial charge in [0.25, 0.3) is 0 Å². The quantitative estimate of drug-likeness (QED) is 0.793. The van der Waals surface area contributed by atoms with Gasteiger partial charge in [0.15, 0.2) is 0 Å². The van der Waals surface area contributed by atoms with Gasteiger partial charge in [0.05, 0.1) is 6.42 Å². The largest absolute Gasteiger partial charge is 0.405 e. The highest BCUT2D eigenvalue weighted by atomic mass is 19.4. The fraction of sp³-hybridized carbons (Fsp3) is 0.500. The van der Waals surface area contributed by atoms with Crippen LogP contribution < -0.4 is 10.6 Å². The average molecular weight is 400 g/mol. The van der Waals surface area contributed by atoms with E-state index in [0.717, 1.165) is 0 Å². The van der Waals surface area contributed by atoms with Crippen molar-refractivity contribution in [1.82, 2.24) is 15.1 Å². The molecule has 0 aliphatic carbocycles. The van der Waals surface area contributed by atoms with Crippen LogP contribution in [-0.2, 0) is 16.0 Å². The van der Waals surface area contributed by atoms with Crippen molar-refractivity contribution in [1.29, 1.82) is 0 Å². The Hall–Kier alpha value is -2.78. The highest BCUT2D eigenvalue weighted by molar-refractivity contribution is 5.95. The van der Waals surface area contributed by atoms with Gasteiger partial charge in [-0.15, -0.1) is 0 Å². The number of para-hydroxylation sites is 1. The molecule has 4 amide bonds. The number of hydrogen-bond donors (Lipinski definition) is 2. The molecule has 1 atom stereocenters. The second-order valence-corrected chi connectivity index (χ2v) is 6.74. The first-order valence-electron chi connectivity index (χ1n) is 8.78. The van der Waals surface area contributed by atoms with E-state index in [0.29, 0.717) is 17.7 Å². The van der Waals surface area contributed by atoms with Crippen molar-refractivity contribution in [2.75, 3.05) is 32.5 Å². The van der Waals surface area contributed by atoms with E-state index in [4.69, 9.17) is 0 Å².